The van der Waals surface area contributed by atoms with E-state index in [0.717, 1.165) is 0 Å². The van der Waals surface area contributed by atoms with Crippen LogP contribution in [0.4, 0.5) is 0 Å². The van der Waals surface area contributed by atoms with E-state index >= 15 is 0 Å². The third-order valence-corrected chi connectivity index (χ3v) is 6.61. The number of rotatable bonds is 9. The third kappa shape index (κ3) is 5.28. The van der Waals surface area contributed by atoms with Gasteiger partial charge in [-0.15, -0.1) is 0 Å². The third-order valence-electron chi connectivity index (χ3n) is 4.51. The van der Waals surface area contributed by atoms with Gasteiger partial charge in [-0.2, -0.15) is 0 Å². The summed E-state index contributed by atoms with van der Waals surface area (Å²) in [5.74, 6) is -0.729. The minimum Gasteiger partial charge on any atom is -0.493 e. The number of hydroxylamine groups is 1. The molecule has 0 aliphatic heterocycles. The summed E-state index contributed by atoms with van der Waals surface area (Å²) in [5, 5.41) is 7.58. The van der Waals surface area contributed by atoms with E-state index in [1.807, 2.05) is 0 Å². The van der Waals surface area contributed by atoms with Gasteiger partial charge >= 0.3 is 0 Å². The molecular weight excluding hydrogens is 412 g/mol. The normalized spacial score (nSPS) is 12.0. The predicted molar refractivity (Wildman–Crippen MR) is 108 cm³/mol. The Morgan fingerprint density at radius 3 is 2.27 bits per heavy atom. The summed E-state index contributed by atoms with van der Waals surface area (Å²) in [4.78, 5) is 25.5. The van der Waals surface area contributed by atoms with Crippen LogP contribution in [0.2, 0.25) is 0 Å². The summed E-state index contributed by atoms with van der Waals surface area (Å²) in [7, 11) is 0.165. The lowest BCUT2D eigenvalue weighted by molar-refractivity contribution is -0.129. The summed E-state index contributed by atoms with van der Waals surface area (Å²) in [6.07, 6.45) is -0.542. The van der Waals surface area contributed by atoms with Gasteiger partial charge in [-0.3, -0.25) is 14.8 Å². The highest BCUT2D eigenvalue weighted by molar-refractivity contribution is 7.92. The first kappa shape index (κ1) is 23.2. The van der Waals surface area contributed by atoms with Crippen LogP contribution in [-0.4, -0.2) is 63.4 Å². The fourth-order valence-corrected chi connectivity index (χ4v) is 4.60. The molecule has 2 rings (SSSR count). The van der Waals surface area contributed by atoms with E-state index in [1.54, 1.807) is 30.3 Å². The second-order valence-electron chi connectivity index (χ2n) is 6.47. The smallest absolute Gasteiger partial charge is 0.253 e. The van der Waals surface area contributed by atoms with Crippen LogP contribution in [0.1, 0.15) is 16.8 Å². The molecule has 2 aromatic carbocycles. The minimum absolute atomic E-state index is 0.101. The monoisotopic (exact) mass is 436 g/mol. The Kier molecular flexibility index (Phi) is 7.79. The van der Waals surface area contributed by atoms with Gasteiger partial charge in [0.25, 0.3) is 5.91 Å². The fraction of sp³-hybridized carbons (Fsp3) is 0.300. The SMILES string of the molecule is COc1ccc(S(=O)(=O)C(CC(=O)NO)CN(C)C(=O)c2ccccc2)cc1OC. The molecule has 0 radical (unpaired) electrons. The number of carbonyl (C=O) groups excluding carboxylic acids is 2. The van der Waals surface area contributed by atoms with Crippen molar-refractivity contribution in [1.82, 2.24) is 10.4 Å². The van der Waals surface area contributed by atoms with Crippen LogP contribution in [0.5, 0.6) is 11.5 Å². The van der Waals surface area contributed by atoms with Crippen molar-refractivity contribution in [2.45, 2.75) is 16.6 Å². The lowest BCUT2D eigenvalue weighted by Crippen LogP contribution is -2.41. The number of hydrogen-bond acceptors (Lipinski definition) is 7. The number of carbonyl (C=O) groups is 2. The van der Waals surface area contributed by atoms with Gasteiger partial charge in [-0.1, -0.05) is 18.2 Å². The summed E-state index contributed by atoms with van der Waals surface area (Å²) >= 11 is 0. The largest absolute Gasteiger partial charge is 0.493 e. The van der Waals surface area contributed by atoms with Crippen LogP contribution in [0, 0.1) is 0 Å². The van der Waals surface area contributed by atoms with Crippen molar-refractivity contribution in [2.75, 3.05) is 27.8 Å². The molecule has 2 N–H and O–H groups in total. The molecule has 2 aromatic rings. The van der Waals surface area contributed by atoms with Gasteiger partial charge in [0.15, 0.2) is 21.3 Å². The standard InChI is InChI=1S/C20H24N2O7S/c1-22(20(24)14-7-5-4-6-8-14)13-16(12-19(23)21-25)30(26,27)15-9-10-17(28-2)18(11-15)29-3/h4-11,16,25H,12-13H2,1-3H3,(H,21,23). The van der Waals surface area contributed by atoms with Crippen molar-refractivity contribution in [1.29, 1.82) is 0 Å². The van der Waals surface area contributed by atoms with E-state index in [4.69, 9.17) is 14.7 Å². The average molecular weight is 436 g/mol. The van der Waals surface area contributed by atoms with Crippen LogP contribution < -0.4 is 15.0 Å². The Bertz CT molecular complexity index is 993. The molecule has 0 aromatic heterocycles. The van der Waals surface area contributed by atoms with Gasteiger partial charge in [0.1, 0.15) is 0 Å². The maximum Gasteiger partial charge on any atom is 0.253 e. The number of nitrogens with zero attached hydrogens (tertiary/aromatic N) is 1. The lowest BCUT2D eigenvalue weighted by Gasteiger charge is -2.24. The van der Waals surface area contributed by atoms with Gasteiger partial charge in [0, 0.05) is 31.6 Å². The van der Waals surface area contributed by atoms with E-state index < -0.39 is 33.3 Å². The van der Waals surface area contributed by atoms with Crippen LogP contribution >= 0.6 is 0 Å². The fourth-order valence-electron chi connectivity index (χ4n) is 2.90. The molecule has 1 atom stereocenters. The number of sulfone groups is 1. The maximum absolute atomic E-state index is 13.3. The Labute approximate surface area is 175 Å². The topological polar surface area (TPSA) is 122 Å². The Hall–Kier alpha value is -3.11. The van der Waals surface area contributed by atoms with Crippen molar-refractivity contribution in [3.63, 3.8) is 0 Å². The highest BCUT2D eigenvalue weighted by Crippen LogP contribution is 2.31. The Balaban J connectivity index is 2.37. The molecule has 0 bridgehead atoms. The molecule has 0 fully saturated rings. The molecule has 0 saturated carbocycles. The lowest BCUT2D eigenvalue weighted by atomic mass is 10.2. The van der Waals surface area contributed by atoms with Crippen LogP contribution in [-0.2, 0) is 14.6 Å². The molecular formula is C20H24N2O7S. The highest BCUT2D eigenvalue weighted by atomic mass is 32.2. The van der Waals surface area contributed by atoms with Crippen molar-refractivity contribution in [2.24, 2.45) is 0 Å². The molecule has 0 aliphatic carbocycles. The number of methoxy groups -OCH3 is 2. The van der Waals surface area contributed by atoms with Crippen molar-refractivity contribution in [3.8, 4) is 11.5 Å². The van der Waals surface area contributed by atoms with Crippen LogP contribution in [0.15, 0.2) is 53.4 Å². The van der Waals surface area contributed by atoms with Crippen molar-refractivity contribution >= 4 is 21.7 Å². The first-order valence-electron chi connectivity index (χ1n) is 8.94. The summed E-state index contributed by atoms with van der Waals surface area (Å²) in [5.41, 5.74) is 1.83. The van der Waals surface area contributed by atoms with Crippen LogP contribution in [0.25, 0.3) is 0 Å². The second kappa shape index (κ2) is 10.1. The average Bonchev–Trinajstić information content (AvgIpc) is 2.77. The molecule has 10 heteroatoms. The minimum atomic E-state index is -4.08. The maximum atomic E-state index is 13.3. The number of nitrogens with one attached hydrogen (secondary N) is 1. The van der Waals surface area contributed by atoms with Gasteiger partial charge < -0.3 is 14.4 Å². The Morgan fingerprint density at radius 2 is 1.70 bits per heavy atom. The molecule has 162 valence electrons. The van der Waals surface area contributed by atoms with Crippen molar-refractivity contribution < 1.29 is 32.7 Å². The number of hydrogen-bond donors (Lipinski definition) is 2. The number of amides is 2. The molecule has 0 heterocycles. The van der Waals surface area contributed by atoms with Gasteiger partial charge in [0.05, 0.1) is 24.4 Å². The van der Waals surface area contributed by atoms with Crippen molar-refractivity contribution in [3.05, 3.63) is 54.1 Å². The predicted octanol–water partition coefficient (Wildman–Crippen LogP) is 1.51. The molecule has 30 heavy (non-hydrogen) atoms. The zero-order valence-corrected chi connectivity index (χ0v) is 17.7. The van der Waals surface area contributed by atoms with E-state index in [9.17, 15) is 18.0 Å². The van der Waals surface area contributed by atoms with Crippen LogP contribution in [0.3, 0.4) is 0 Å². The van der Waals surface area contributed by atoms with E-state index in [1.165, 1.54) is 49.8 Å². The molecule has 1 unspecified atom stereocenters. The summed E-state index contributed by atoms with van der Waals surface area (Å²) in [6, 6.07) is 12.4. The number of benzene rings is 2. The van der Waals surface area contributed by atoms with E-state index in [0.29, 0.717) is 11.3 Å². The molecule has 0 spiro atoms. The zero-order valence-electron chi connectivity index (χ0n) is 16.9. The van der Waals surface area contributed by atoms with Gasteiger partial charge in [-0.25, -0.2) is 13.9 Å². The quantitative estimate of drug-likeness (QED) is 0.451. The second-order valence-corrected chi connectivity index (χ2v) is 8.70. The zero-order chi connectivity index (χ0) is 22.3. The molecule has 0 saturated heterocycles. The molecule has 9 nitrogen and oxygen atoms in total. The van der Waals surface area contributed by atoms with E-state index in [2.05, 4.69) is 0 Å². The molecule has 2 amide bonds. The van der Waals surface area contributed by atoms with Gasteiger partial charge in [-0.05, 0) is 24.3 Å². The Morgan fingerprint density at radius 1 is 1.07 bits per heavy atom. The first-order valence-corrected chi connectivity index (χ1v) is 10.5. The van der Waals surface area contributed by atoms with Gasteiger partial charge in [0.2, 0.25) is 5.91 Å². The highest BCUT2D eigenvalue weighted by Gasteiger charge is 2.33. The number of ether oxygens (including phenoxy) is 2. The first-order chi connectivity index (χ1) is 14.2. The summed E-state index contributed by atoms with van der Waals surface area (Å²) < 4.78 is 36.8. The van der Waals surface area contributed by atoms with E-state index in [-0.39, 0.29) is 17.2 Å². The molecule has 0 aliphatic rings. The summed E-state index contributed by atoms with van der Waals surface area (Å²) in [6.45, 7) is -0.266.